The van der Waals surface area contributed by atoms with Crippen molar-refractivity contribution in [3.05, 3.63) is 195 Å². The first kappa shape index (κ1) is 29.8. The molecule has 6 aromatic carbocycles. The lowest BCUT2D eigenvalue weighted by Crippen LogP contribution is -2.25. The van der Waals surface area contributed by atoms with Gasteiger partial charge < -0.3 is 0 Å². The first-order chi connectivity index (χ1) is 20.3. The predicted molar refractivity (Wildman–Crippen MR) is 189 cm³/mol. The normalized spacial score (nSPS) is 10.5. The summed E-state index contributed by atoms with van der Waals surface area (Å²) in [5.74, 6) is 0. The minimum absolute atomic E-state index is 0.446. The highest BCUT2D eigenvalue weighted by Crippen LogP contribution is 2.41. The summed E-state index contributed by atoms with van der Waals surface area (Å²) in [6.07, 6.45) is 4.69. The molecule has 0 bridgehead atoms. The van der Waals surface area contributed by atoms with Crippen LogP contribution in [0.1, 0.15) is 0 Å². The van der Waals surface area contributed by atoms with Crippen LogP contribution in [-0.4, -0.2) is 6.30 Å². The van der Waals surface area contributed by atoms with E-state index in [-0.39, 0.29) is 0 Å². The molecule has 0 amide bonds. The molecule has 6 rings (SSSR count). The fourth-order valence-electron chi connectivity index (χ4n) is 4.67. The lowest BCUT2D eigenvalue weighted by molar-refractivity contribution is 1.73. The molecule has 0 saturated heterocycles. The van der Waals surface area contributed by atoms with Crippen LogP contribution in [0.3, 0.4) is 0 Å². The van der Waals surface area contributed by atoms with Crippen molar-refractivity contribution in [1.29, 1.82) is 0 Å². The Kier molecular flexibility index (Phi) is 11.3. The Morgan fingerprint density at radius 2 is 0.512 bits per heavy atom. The van der Waals surface area contributed by atoms with Crippen LogP contribution < -0.4 is 31.8 Å². The van der Waals surface area contributed by atoms with Gasteiger partial charge in [0.15, 0.2) is 0 Å². The molecule has 0 saturated carbocycles. The second-order valence-electron chi connectivity index (χ2n) is 9.16. The molecule has 202 valence electrons. The summed E-state index contributed by atoms with van der Waals surface area (Å²) in [6.45, 7) is 4.22. The van der Waals surface area contributed by atoms with Gasteiger partial charge in [0.25, 0.3) is 0 Å². The summed E-state index contributed by atoms with van der Waals surface area (Å²) in [5.41, 5.74) is 0. The van der Waals surface area contributed by atoms with E-state index in [4.69, 9.17) is 6.30 Å². The Bertz CT molecular complexity index is 1400. The third kappa shape index (κ3) is 7.50. The Hall–Kier alpha value is -4.21. The van der Waals surface area contributed by atoms with Gasteiger partial charge in [0.2, 0.25) is 0 Å². The Labute approximate surface area is 247 Å². The molecular weight excluding hydrogens is 530 g/mol. The number of rotatable bonds is 6. The minimum atomic E-state index is -1.78. The van der Waals surface area contributed by atoms with E-state index in [9.17, 15) is 0 Å². The fourth-order valence-corrected chi connectivity index (χ4v) is 9.92. The van der Waals surface area contributed by atoms with Crippen LogP contribution in [0, 0.1) is 0 Å². The first-order valence-electron chi connectivity index (χ1n) is 13.6. The van der Waals surface area contributed by atoms with Crippen LogP contribution in [0.5, 0.6) is 0 Å². The number of hydrogen-bond acceptors (Lipinski definition) is 0. The fraction of sp³-hybridized carbons (Fsp3) is 0. The maximum Gasteiger partial charge on any atom is -0.0134 e. The van der Waals surface area contributed by atoms with Crippen molar-refractivity contribution in [2.24, 2.45) is 0 Å². The largest absolute Gasteiger partial charge is 0.106 e. The minimum Gasteiger partial charge on any atom is -0.106 e. The average Bonchev–Trinajstić information content (AvgIpc) is 3.08. The van der Waals surface area contributed by atoms with Crippen LogP contribution in [0.2, 0.25) is 0 Å². The molecular formula is C39H36P2. The highest BCUT2D eigenvalue weighted by molar-refractivity contribution is 7.93. The maximum absolute atomic E-state index is 4.69. The van der Waals surface area contributed by atoms with Crippen LogP contribution >= 0.6 is 14.8 Å². The van der Waals surface area contributed by atoms with Crippen LogP contribution in [0.25, 0.3) is 0 Å². The molecule has 0 N–H and O–H groups in total. The van der Waals surface area contributed by atoms with Crippen molar-refractivity contribution >= 4 is 52.9 Å². The van der Waals surface area contributed by atoms with E-state index in [0.717, 1.165) is 0 Å². The third-order valence-electron chi connectivity index (χ3n) is 6.63. The topological polar surface area (TPSA) is 0 Å². The Morgan fingerprint density at radius 3 is 0.732 bits per heavy atom. The smallest absolute Gasteiger partial charge is 0.0134 e. The molecule has 0 unspecified atom stereocenters. The SMILES string of the molecule is C=C.C=P(c1ccccc1)(c1ccccc1)c1ccccc1.c1ccc(P(c2ccccc2)c2ccccc2)cc1. The van der Waals surface area contributed by atoms with Gasteiger partial charge in [-0.2, -0.15) is 0 Å². The predicted octanol–water partition coefficient (Wildman–Crippen LogP) is 7.66. The molecule has 0 radical (unpaired) electrons. The van der Waals surface area contributed by atoms with Gasteiger partial charge in [-0.25, -0.2) is 0 Å². The van der Waals surface area contributed by atoms with Crippen molar-refractivity contribution in [3.63, 3.8) is 0 Å². The molecule has 0 nitrogen and oxygen atoms in total. The van der Waals surface area contributed by atoms with E-state index in [2.05, 4.69) is 195 Å². The lowest BCUT2D eigenvalue weighted by Gasteiger charge is -2.26. The van der Waals surface area contributed by atoms with Crippen molar-refractivity contribution in [2.75, 3.05) is 0 Å². The van der Waals surface area contributed by atoms with Crippen molar-refractivity contribution < 1.29 is 0 Å². The summed E-state index contributed by atoms with van der Waals surface area (Å²) in [6, 6.07) is 64.3. The molecule has 0 aromatic heterocycles. The molecule has 6 aromatic rings. The van der Waals surface area contributed by atoms with Gasteiger partial charge in [-0.05, 0) is 46.6 Å². The first-order valence-corrected chi connectivity index (χ1v) is 16.9. The highest BCUT2D eigenvalue weighted by atomic mass is 31.2. The standard InChI is InChI=1S/C19H17P.C18H15P.C2H4/c1-20(17-11-5-2-6-12-17,18-13-7-3-8-14-18)19-15-9-4-10-16-19;1-4-10-16(11-5-1)19(17-12-6-2-7-13-17)18-14-8-3-9-15-18;1-2/h2-16H,1H2;1-15H;1-2H2. The van der Waals surface area contributed by atoms with E-state index in [1.165, 1.54) is 31.8 Å². The Balaban J connectivity index is 0.000000178. The molecule has 0 atom stereocenters. The second-order valence-corrected chi connectivity index (χ2v) is 14.5. The molecule has 0 spiro atoms. The average molecular weight is 567 g/mol. The second kappa shape index (κ2) is 15.5. The van der Waals surface area contributed by atoms with Crippen LogP contribution in [-0.2, 0) is 0 Å². The quantitative estimate of drug-likeness (QED) is 0.143. The van der Waals surface area contributed by atoms with Gasteiger partial charge in [0.1, 0.15) is 0 Å². The van der Waals surface area contributed by atoms with E-state index in [1.807, 2.05) is 0 Å². The van der Waals surface area contributed by atoms with Crippen LogP contribution in [0.15, 0.2) is 195 Å². The zero-order valence-electron chi connectivity index (χ0n) is 23.3. The van der Waals surface area contributed by atoms with Crippen molar-refractivity contribution in [3.8, 4) is 0 Å². The van der Waals surface area contributed by atoms with Crippen molar-refractivity contribution in [2.45, 2.75) is 0 Å². The number of hydrogen-bond donors (Lipinski definition) is 0. The van der Waals surface area contributed by atoms with E-state index < -0.39 is 14.8 Å². The number of benzene rings is 6. The molecule has 41 heavy (non-hydrogen) atoms. The molecule has 0 aliphatic heterocycles. The monoisotopic (exact) mass is 566 g/mol. The molecule has 0 aliphatic carbocycles. The van der Waals surface area contributed by atoms with Crippen LogP contribution in [0.4, 0.5) is 0 Å². The maximum atomic E-state index is 4.69. The third-order valence-corrected chi connectivity index (χ3v) is 12.6. The van der Waals surface area contributed by atoms with E-state index in [0.29, 0.717) is 0 Å². The summed E-state index contributed by atoms with van der Waals surface area (Å²) >= 11 is 0. The summed E-state index contributed by atoms with van der Waals surface area (Å²) < 4.78 is 0. The zero-order chi connectivity index (χ0) is 28.8. The van der Waals surface area contributed by atoms with Gasteiger partial charge in [0, 0.05) is 0 Å². The molecule has 2 heteroatoms. The summed E-state index contributed by atoms with van der Waals surface area (Å²) in [5, 5.41) is 8.15. The molecule has 0 aliphatic rings. The molecule has 0 fully saturated rings. The highest BCUT2D eigenvalue weighted by Gasteiger charge is 2.21. The van der Waals surface area contributed by atoms with Gasteiger partial charge >= 0.3 is 0 Å². The summed E-state index contributed by atoms with van der Waals surface area (Å²) in [4.78, 5) is 0. The molecule has 0 heterocycles. The lowest BCUT2D eigenvalue weighted by atomic mass is 10.4. The van der Waals surface area contributed by atoms with E-state index >= 15 is 0 Å². The van der Waals surface area contributed by atoms with E-state index in [1.54, 1.807) is 0 Å². The van der Waals surface area contributed by atoms with Crippen molar-refractivity contribution in [1.82, 2.24) is 0 Å². The van der Waals surface area contributed by atoms with Gasteiger partial charge in [-0.15, -0.1) is 13.2 Å². The zero-order valence-corrected chi connectivity index (χ0v) is 25.1. The summed E-state index contributed by atoms with van der Waals surface area (Å²) in [7, 11) is -0.446. The van der Waals surface area contributed by atoms with Gasteiger partial charge in [-0.1, -0.05) is 188 Å². The van der Waals surface area contributed by atoms with Gasteiger partial charge in [-0.3, -0.25) is 0 Å². The van der Waals surface area contributed by atoms with Gasteiger partial charge in [0.05, 0.1) is 0 Å². The Morgan fingerprint density at radius 1 is 0.317 bits per heavy atom.